The predicted molar refractivity (Wildman–Crippen MR) is 74.9 cm³/mol. The van der Waals surface area contributed by atoms with E-state index in [0.29, 0.717) is 5.56 Å². The van der Waals surface area contributed by atoms with E-state index in [1.165, 1.54) is 11.8 Å². The van der Waals surface area contributed by atoms with Crippen molar-refractivity contribution < 1.29 is 0 Å². The minimum absolute atomic E-state index is 0.634. The van der Waals surface area contributed by atoms with Gasteiger partial charge in [0.05, 0.1) is 10.0 Å². The van der Waals surface area contributed by atoms with Gasteiger partial charge in [-0.15, -0.1) is 0 Å². The molecule has 1 heterocycles. The van der Waals surface area contributed by atoms with Crippen LogP contribution in [0.1, 0.15) is 5.56 Å². The molecule has 0 unspecified atom stereocenters. The smallest absolute Gasteiger partial charge is 0.115 e. The van der Waals surface area contributed by atoms with Gasteiger partial charge >= 0.3 is 0 Å². The molecule has 0 aliphatic carbocycles. The maximum atomic E-state index is 9.12. The van der Waals surface area contributed by atoms with Crippen molar-refractivity contribution in [3.63, 3.8) is 0 Å². The van der Waals surface area contributed by atoms with Crippen LogP contribution in [0.2, 0.25) is 0 Å². The van der Waals surface area contributed by atoms with Crippen LogP contribution in [0.5, 0.6) is 0 Å². The number of benzene rings is 1. The molecule has 0 saturated heterocycles. The van der Waals surface area contributed by atoms with Gasteiger partial charge in [-0.25, -0.2) is 4.98 Å². The summed E-state index contributed by atoms with van der Waals surface area (Å²) in [7, 11) is 0. The second-order valence-electron chi connectivity index (χ2n) is 3.12. The third-order valence-electron chi connectivity index (χ3n) is 2.02. The van der Waals surface area contributed by atoms with Crippen LogP contribution in [0.15, 0.2) is 55.4 Å². The van der Waals surface area contributed by atoms with Gasteiger partial charge in [0.2, 0.25) is 0 Å². The first-order chi connectivity index (χ1) is 8.22. The summed E-state index contributed by atoms with van der Waals surface area (Å²) in [5.74, 6) is 0. The Balaban J connectivity index is 2.41. The third-order valence-corrected chi connectivity index (χ3v) is 4.66. The summed E-state index contributed by atoms with van der Waals surface area (Å²) in [6, 6.07) is 11.7. The molecule has 0 spiro atoms. The summed E-state index contributed by atoms with van der Waals surface area (Å²) < 4.78 is 1.73. The first-order valence-corrected chi connectivity index (χ1v) is 7.09. The summed E-state index contributed by atoms with van der Waals surface area (Å²) in [5.41, 5.74) is 0.634. The molecule has 1 aromatic heterocycles. The molecule has 0 aliphatic heterocycles. The Hall–Kier alpha value is -0.830. The minimum Gasteiger partial charge on any atom is -0.248 e. The van der Waals surface area contributed by atoms with E-state index < -0.39 is 0 Å². The van der Waals surface area contributed by atoms with E-state index in [1.807, 2.05) is 30.3 Å². The highest BCUT2D eigenvalue weighted by Gasteiger charge is 2.09. The number of rotatable bonds is 2. The summed E-state index contributed by atoms with van der Waals surface area (Å²) in [5, 5.41) is 9.97. The van der Waals surface area contributed by atoms with Crippen LogP contribution in [0.4, 0.5) is 0 Å². The van der Waals surface area contributed by atoms with Crippen molar-refractivity contribution in [3.8, 4) is 6.07 Å². The van der Waals surface area contributed by atoms with E-state index in [0.717, 1.165) is 18.9 Å². The number of hydrogen-bond donors (Lipinski definition) is 0. The van der Waals surface area contributed by atoms with Crippen molar-refractivity contribution >= 4 is 43.6 Å². The lowest BCUT2D eigenvalue weighted by atomic mass is 10.2. The molecule has 0 amide bonds. The van der Waals surface area contributed by atoms with Crippen LogP contribution in [0, 0.1) is 11.3 Å². The van der Waals surface area contributed by atoms with E-state index >= 15 is 0 Å². The van der Waals surface area contributed by atoms with Gasteiger partial charge in [-0.05, 0) is 56.1 Å². The third kappa shape index (κ3) is 2.89. The Morgan fingerprint density at radius 1 is 1.12 bits per heavy atom. The molecule has 2 rings (SSSR count). The van der Waals surface area contributed by atoms with Crippen LogP contribution in [0.25, 0.3) is 0 Å². The highest BCUT2D eigenvalue weighted by molar-refractivity contribution is 9.10. The van der Waals surface area contributed by atoms with Crippen molar-refractivity contribution in [1.29, 1.82) is 5.26 Å². The molecule has 0 N–H and O–H groups in total. The number of nitrogens with zero attached hydrogens (tertiary/aromatic N) is 2. The predicted octanol–water partition coefficient (Wildman–Crippen LogP) is 4.63. The molecule has 84 valence electrons. The zero-order valence-corrected chi connectivity index (χ0v) is 12.5. The average molecular weight is 370 g/mol. The van der Waals surface area contributed by atoms with Crippen LogP contribution < -0.4 is 0 Å². The van der Waals surface area contributed by atoms with Gasteiger partial charge in [0.25, 0.3) is 0 Å². The van der Waals surface area contributed by atoms with Gasteiger partial charge in [-0.1, -0.05) is 17.8 Å². The number of aromatic nitrogens is 1. The fourth-order valence-electron chi connectivity index (χ4n) is 1.25. The largest absolute Gasteiger partial charge is 0.248 e. The van der Waals surface area contributed by atoms with Crippen LogP contribution in [0.3, 0.4) is 0 Å². The molecule has 1 aromatic carbocycles. The quantitative estimate of drug-likeness (QED) is 0.774. The molecule has 0 bridgehead atoms. The molecule has 0 atom stereocenters. The number of hydrogen-bond acceptors (Lipinski definition) is 3. The molecule has 2 aromatic rings. The first-order valence-electron chi connectivity index (χ1n) is 4.69. The molecule has 0 aliphatic rings. The lowest BCUT2D eigenvalue weighted by Gasteiger charge is -2.05. The molecule has 2 nitrogen and oxygen atoms in total. The SMILES string of the molecule is N#Cc1c(Br)cccc1Sc1ncccc1Br. The van der Waals surface area contributed by atoms with Crippen molar-refractivity contribution in [3.05, 3.63) is 51.0 Å². The van der Waals surface area contributed by atoms with E-state index in [1.54, 1.807) is 6.20 Å². The summed E-state index contributed by atoms with van der Waals surface area (Å²) >= 11 is 8.28. The Morgan fingerprint density at radius 3 is 2.59 bits per heavy atom. The molecule has 5 heteroatoms. The van der Waals surface area contributed by atoms with E-state index in [9.17, 15) is 0 Å². The Kier molecular flexibility index (Phi) is 4.21. The van der Waals surface area contributed by atoms with Gasteiger partial charge in [0.1, 0.15) is 11.1 Å². The topological polar surface area (TPSA) is 36.7 Å². The van der Waals surface area contributed by atoms with Gasteiger partial charge in [-0.2, -0.15) is 5.26 Å². The standard InChI is InChI=1S/C12H6Br2N2S/c13-9-3-1-5-11(8(9)7-15)17-12-10(14)4-2-6-16-12/h1-6H. The summed E-state index contributed by atoms with van der Waals surface area (Å²) in [4.78, 5) is 5.16. The van der Waals surface area contributed by atoms with E-state index in [2.05, 4.69) is 42.9 Å². The van der Waals surface area contributed by atoms with Crippen molar-refractivity contribution in [1.82, 2.24) is 4.98 Å². The van der Waals surface area contributed by atoms with E-state index in [-0.39, 0.29) is 0 Å². The second kappa shape index (κ2) is 5.67. The fourth-order valence-corrected chi connectivity index (χ4v) is 3.22. The fraction of sp³-hybridized carbons (Fsp3) is 0. The normalized spacial score (nSPS) is 9.94. The average Bonchev–Trinajstić information content (AvgIpc) is 2.32. The van der Waals surface area contributed by atoms with Crippen molar-refractivity contribution in [2.24, 2.45) is 0 Å². The van der Waals surface area contributed by atoms with Gasteiger partial charge in [-0.3, -0.25) is 0 Å². The first kappa shape index (κ1) is 12.6. The minimum atomic E-state index is 0.634. The maximum Gasteiger partial charge on any atom is 0.115 e. The maximum absolute atomic E-state index is 9.12. The van der Waals surface area contributed by atoms with Gasteiger partial charge in [0, 0.05) is 15.6 Å². The van der Waals surface area contributed by atoms with Crippen LogP contribution in [-0.2, 0) is 0 Å². The lowest BCUT2D eigenvalue weighted by Crippen LogP contribution is -1.85. The van der Waals surface area contributed by atoms with Crippen molar-refractivity contribution in [2.75, 3.05) is 0 Å². The monoisotopic (exact) mass is 368 g/mol. The van der Waals surface area contributed by atoms with Crippen LogP contribution in [-0.4, -0.2) is 4.98 Å². The molecule has 17 heavy (non-hydrogen) atoms. The van der Waals surface area contributed by atoms with E-state index in [4.69, 9.17) is 5.26 Å². The zero-order valence-electron chi connectivity index (χ0n) is 8.52. The Labute approximate surface area is 120 Å². The highest BCUT2D eigenvalue weighted by Crippen LogP contribution is 2.35. The number of halogens is 2. The molecule has 0 radical (unpaired) electrons. The number of nitriles is 1. The Morgan fingerprint density at radius 2 is 1.88 bits per heavy atom. The highest BCUT2D eigenvalue weighted by atomic mass is 79.9. The molecular formula is C12H6Br2N2S. The number of pyridine rings is 1. The Bertz CT molecular complexity index is 593. The molecule has 0 fully saturated rings. The molecule has 0 saturated carbocycles. The zero-order chi connectivity index (χ0) is 12.3. The van der Waals surface area contributed by atoms with Crippen LogP contribution >= 0.6 is 43.6 Å². The van der Waals surface area contributed by atoms with Crippen molar-refractivity contribution in [2.45, 2.75) is 9.92 Å². The second-order valence-corrected chi connectivity index (χ2v) is 5.86. The van der Waals surface area contributed by atoms with Gasteiger partial charge < -0.3 is 0 Å². The summed E-state index contributed by atoms with van der Waals surface area (Å²) in [6.45, 7) is 0. The lowest BCUT2D eigenvalue weighted by molar-refractivity contribution is 1.11. The molecular weight excluding hydrogens is 364 g/mol. The van der Waals surface area contributed by atoms with Gasteiger partial charge in [0.15, 0.2) is 0 Å². The summed E-state index contributed by atoms with van der Waals surface area (Å²) in [6.07, 6.45) is 1.73.